The van der Waals surface area contributed by atoms with Crippen LogP contribution in [0, 0.1) is 17.1 Å². The smallest absolute Gasteiger partial charge is 0.128 e. The van der Waals surface area contributed by atoms with E-state index in [9.17, 15) is 4.39 Å². The van der Waals surface area contributed by atoms with Crippen molar-refractivity contribution in [2.24, 2.45) is 0 Å². The van der Waals surface area contributed by atoms with Gasteiger partial charge in [-0.25, -0.2) is 4.39 Å². The van der Waals surface area contributed by atoms with E-state index in [0.29, 0.717) is 16.1 Å². The first-order valence-electron chi connectivity index (χ1n) is 5.82. The van der Waals surface area contributed by atoms with Gasteiger partial charge in [0.05, 0.1) is 16.6 Å². The van der Waals surface area contributed by atoms with E-state index in [0.717, 1.165) is 5.69 Å². The standard InChI is InChI=1S/C15H12ClFN2/c1-10(13-4-2-3-5-15(13)17)19-12-7-6-11(9-18)14(16)8-12/h2-8,10,19H,1H3. The Labute approximate surface area is 116 Å². The normalized spacial score (nSPS) is 11.7. The summed E-state index contributed by atoms with van der Waals surface area (Å²) >= 11 is 5.95. The van der Waals surface area contributed by atoms with Gasteiger partial charge >= 0.3 is 0 Å². The Bertz CT molecular complexity index is 634. The van der Waals surface area contributed by atoms with Gasteiger partial charge in [-0.3, -0.25) is 0 Å². The minimum Gasteiger partial charge on any atom is -0.378 e. The molecule has 96 valence electrons. The zero-order valence-electron chi connectivity index (χ0n) is 10.3. The van der Waals surface area contributed by atoms with Crippen molar-refractivity contribution in [1.82, 2.24) is 0 Å². The summed E-state index contributed by atoms with van der Waals surface area (Å²) in [5.41, 5.74) is 1.76. The fourth-order valence-electron chi connectivity index (χ4n) is 1.85. The van der Waals surface area contributed by atoms with Crippen molar-refractivity contribution in [2.45, 2.75) is 13.0 Å². The molecule has 0 saturated heterocycles. The predicted octanol–water partition coefficient (Wildman–Crippen LogP) is 4.52. The van der Waals surface area contributed by atoms with E-state index in [2.05, 4.69) is 5.32 Å². The fourth-order valence-corrected chi connectivity index (χ4v) is 2.07. The zero-order valence-corrected chi connectivity index (χ0v) is 11.1. The summed E-state index contributed by atoms with van der Waals surface area (Å²) in [6.07, 6.45) is 0. The van der Waals surface area contributed by atoms with Crippen LogP contribution >= 0.6 is 11.6 Å². The summed E-state index contributed by atoms with van der Waals surface area (Å²) < 4.78 is 13.6. The second kappa shape index (κ2) is 5.73. The maximum Gasteiger partial charge on any atom is 0.128 e. The van der Waals surface area contributed by atoms with Crippen LogP contribution in [-0.2, 0) is 0 Å². The van der Waals surface area contributed by atoms with Gasteiger partial charge in [-0.1, -0.05) is 29.8 Å². The molecule has 0 fully saturated rings. The molecule has 2 nitrogen and oxygen atoms in total. The second-order valence-corrected chi connectivity index (χ2v) is 4.60. The number of halogens is 2. The molecular formula is C15H12ClFN2. The Morgan fingerprint density at radius 2 is 2.00 bits per heavy atom. The van der Waals surface area contributed by atoms with E-state index in [1.807, 2.05) is 13.0 Å². The molecule has 1 atom stereocenters. The van der Waals surface area contributed by atoms with E-state index in [4.69, 9.17) is 16.9 Å². The summed E-state index contributed by atoms with van der Waals surface area (Å²) in [5.74, 6) is -0.248. The predicted molar refractivity (Wildman–Crippen MR) is 74.6 cm³/mol. The van der Waals surface area contributed by atoms with Gasteiger partial charge in [-0.15, -0.1) is 0 Å². The molecule has 2 aromatic rings. The first-order chi connectivity index (χ1) is 9.11. The van der Waals surface area contributed by atoms with Gasteiger partial charge in [0.15, 0.2) is 0 Å². The van der Waals surface area contributed by atoms with Crippen LogP contribution in [0.25, 0.3) is 0 Å². The number of benzene rings is 2. The summed E-state index contributed by atoms with van der Waals surface area (Å²) in [6, 6.07) is 13.5. The lowest BCUT2D eigenvalue weighted by Gasteiger charge is -2.16. The molecule has 4 heteroatoms. The van der Waals surface area contributed by atoms with Crippen LogP contribution < -0.4 is 5.32 Å². The van der Waals surface area contributed by atoms with Crippen LogP contribution in [0.2, 0.25) is 5.02 Å². The topological polar surface area (TPSA) is 35.8 Å². The number of nitriles is 1. The molecule has 0 amide bonds. The Morgan fingerprint density at radius 1 is 1.26 bits per heavy atom. The highest BCUT2D eigenvalue weighted by molar-refractivity contribution is 6.32. The quantitative estimate of drug-likeness (QED) is 0.893. The zero-order chi connectivity index (χ0) is 13.8. The first-order valence-corrected chi connectivity index (χ1v) is 6.20. The van der Waals surface area contributed by atoms with Gasteiger partial charge in [0.2, 0.25) is 0 Å². The SMILES string of the molecule is CC(Nc1ccc(C#N)c(Cl)c1)c1ccccc1F. The van der Waals surface area contributed by atoms with Crippen molar-refractivity contribution >= 4 is 17.3 Å². The highest BCUT2D eigenvalue weighted by atomic mass is 35.5. The molecule has 19 heavy (non-hydrogen) atoms. The van der Waals surface area contributed by atoms with Crippen molar-refractivity contribution in [2.75, 3.05) is 5.32 Å². The van der Waals surface area contributed by atoms with Crippen LogP contribution in [0.1, 0.15) is 24.1 Å². The average Bonchev–Trinajstić information content (AvgIpc) is 2.39. The number of hydrogen-bond donors (Lipinski definition) is 1. The van der Waals surface area contributed by atoms with E-state index >= 15 is 0 Å². The third kappa shape index (κ3) is 3.04. The number of nitrogens with one attached hydrogen (secondary N) is 1. The molecule has 0 aliphatic carbocycles. The molecule has 1 N–H and O–H groups in total. The van der Waals surface area contributed by atoms with Crippen molar-refractivity contribution in [3.8, 4) is 6.07 Å². The lowest BCUT2D eigenvalue weighted by molar-refractivity contribution is 0.600. The number of anilines is 1. The van der Waals surface area contributed by atoms with Crippen molar-refractivity contribution in [3.05, 3.63) is 64.4 Å². The second-order valence-electron chi connectivity index (χ2n) is 4.19. The van der Waals surface area contributed by atoms with Gasteiger partial charge < -0.3 is 5.32 Å². The largest absolute Gasteiger partial charge is 0.378 e. The third-order valence-corrected chi connectivity index (χ3v) is 3.16. The molecule has 1 unspecified atom stereocenters. The molecule has 2 aromatic carbocycles. The first kappa shape index (κ1) is 13.4. The molecular weight excluding hydrogens is 263 g/mol. The van der Waals surface area contributed by atoms with Gasteiger partial charge in [-0.05, 0) is 31.2 Å². The highest BCUT2D eigenvalue weighted by Gasteiger charge is 2.10. The lowest BCUT2D eigenvalue weighted by Crippen LogP contribution is -2.08. The van der Waals surface area contributed by atoms with Gasteiger partial charge in [0.25, 0.3) is 0 Å². The molecule has 0 aliphatic rings. The van der Waals surface area contributed by atoms with E-state index < -0.39 is 0 Å². The van der Waals surface area contributed by atoms with Crippen LogP contribution in [0.3, 0.4) is 0 Å². The molecule has 0 aliphatic heterocycles. The molecule has 0 aromatic heterocycles. The minimum atomic E-state index is -0.248. The van der Waals surface area contributed by atoms with Crippen molar-refractivity contribution < 1.29 is 4.39 Å². The molecule has 0 heterocycles. The Balaban J connectivity index is 2.20. The molecule has 0 radical (unpaired) electrons. The Morgan fingerprint density at radius 3 is 2.63 bits per heavy atom. The van der Waals surface area contributed by atoms with E-state index in [1.54, 1.807) is 36.4 Å². The number of rotatable bonds is 3. The van der Waals surface area contributed by atoms with Gasteiger partial charge in [0, 0.05) is 11.3 Å². The van der Waals surface area contributed by atoms with Crippen LogP contribution in [-0.4, -0.2) is 0 Å². The molecule has 0 bridgehead atoms. The monoisotopic (exact) mass is 274 g/mol. The number of hydrogen-bond acceptors (Lipinski definition) is 2. The van der Waals surface area contributed by atoms with Gasteiger partial charge in [-0.2, -0.15) is 5.26 Å². The van der Waals surface area contributed by atoms with E-state index in [1.165, 1.54) is 6.07 Å². The highest BCUT2D eigenvalue weighted by Crippen LogP contribution is 2.25. The van der Waals surface area contributed by atoms with E-state index in [-0.39, 0.29) is 11.9 Å². The molecule has 2 rings (SSSR count). The van der Waals surface area contributed by atoms with Crippen LogP contribution in [0.15, 0.2) is 42.5 Å². The summed E-state index contributed by atoms with van der Waals surface area (Å²) in [7, 11) is 0. The van der Waals surface area contributed by atoms with Crippen molar-refractivity contribution in [3.63, 3.8) is 0 Å². The fraction of sp³-hybridized carbons (Fsp3) is 0.133. The molecule has 0 spiro atoms. The Kier molecular flexibility index (Phi) is 4.03. The summed E-state index contributed by atoms with van der Waals surface area (Å²) in [6.45, 7) is 1.87. The van der Waals surface area contributed by atoms with Crippen LogP contribution in [0.5, 0.6) is 0 Å². The Hall–Kier alpha value is -2.05. The van der Waals surface area contributed by atoms with Crippen molar-refractivity contribution in [1.29, 1.82) is 5.26 Å². The maximum atomic E-state index is 13.6. The average molecular weight is 275 g/mol. The summed E-state index contributed by atoms with van der Waals surface area (Å²) in [4.78, 5) is 0. The van der Waals surface area contributed by atoms with Crippen LogP contribution in [0.4, 0.5) is 10.1 Å². The summed E-state index contributed by atoms with van der Waals surface area (Å²) in [5, 5.41) is 12.3. The lowest BCUT2D eigenvalue weighted by atomic mass is 10.1. The minimum absolute atomic E-state index is 0.190. The third-order valence-electron chi connectivity index (χ3n) is 2.84. The maximum absolute atomic E-state index is 13.6. The number of nitrogens with zero attached hydrogens (tertiary/aromatic N) is 1. The van der Waals surface area contributed by atoms with Gasteiger partial charge in [0.1, 0.15) is 11.9 Å². The molecule has 0 saturated carbocycles.